The van der Waals surface area contributed by atoms with E-state index < -0.39 is 0 Å². The number of hydrogen-bond donors (Lipinski definition) is 2. The summed E-state index contributed by atoms with van der Waals surface area (Å²) < 4.78 is 2.21. The number of anilines is 1. The zero-order valence-electron chi connectivity index (χ0n) is 6.04. The molecule has 0 aliphatic heterocycles. The molecule has 0 saturated carbocycles. The molecule has 0 amide bonds. The molecule has 0 spiro atoms. The molecule has 1 aromatic heterocycles. The predicted molar refractivity (Wildman–Crippen MR) is 61.2 cm³/mol. The minimum Gasteiger partial charge on any atom is -0.398 e. The Kier molecular flexibility index (Phi) is 2.06. The lowest BCUT2D eigenvalue weighted by Gasteiger charge is -1.97. The van der Waals surface area contributed by atoms with E-state index in [-0.39, 0.29) is 0 Å². The molecule has 2 rings (SSSR count). The lowest BCUT2D eigenvalue weighted by Crippen LogP contribution is -1.83. The summed E-state index contributed by atoms with van der Waals surface area (Å²) in [5, 5.41) is 3.18. The SMILES string of the molecule is Nc1cc(S)cc2c(Br)csc12. The predicted octanol–water partition coefficient (Wildman–Crippen LogP) is 3.53. The zero-order chi connectivity index (χ0) is 8.72. The molecule has 0 aliphatic rings. The molecule has 0 fully saturated rings. The Morgan fingerprint density at radius 2 is 2.17 bits per heavy atom. The van der Waals surface area contributed by atoms with Crippen LogP contribution in [-0.4, -0.2) is 0 Å². The molecule has 0 saturated heterocycles. The number of nitrogen functional groups attached to an aromatic ring is 1. The fraction of sp³-hybridized carbons (Fsp3) is 0. The summed E-state index contributed by atoms with van der Waals surface area (Å²) in [6.45, 7) is 0. The van der Waals surface area contributed by atoms with Crippen molar-refractivity contribution in [1.82, 2.24) is 0 Å². The maximum Gasteiger partial charge on any atom is 0.0584 e. The Morgan fingerprint density at radius 1 is 1.42 bits per heavy atom. The quantitative estimate of drug-likeness (QED) is 0.550. The number of nitrogens with two attached hydrogens (primary N) is 1. The third kappa shape index (κ3) is 1.24. The van der Waals surface area contributed by atoms with Crippen molar-refractivity contribution >= 4 is 55.7 Å². The summed E-state index contributed by atoms with van der Waals surface area (Å²) in [5.74, 6) is 0. The van der Waals surface area contributed by atoms with Gasteiger partial charge in [-0.1, -0.05) is 0 Å². The van der Waals surface area contributed by atoms with Crippen LogP contribution in [-0.2, 0) is 0 Å². The summed E-state index contributed by atoms with van der Waals surface area (Å²) in [6, 6.07) is 3.88. The Bertz CT molecular complexity index is 436. The van der Waals surface area contributed by atoms with Crippen molar-refractivity contribution in [2.75, 3.05) is 5.73 Å². The summed E-state index contributed by atoms with van der Waals surface area (Å²) in [7, 11) is 0. The van der Waals surface area contributed by atoms with Crippen molar-refractivity contribution in [1.29, 1.82) is 0 Å². The van der Waals surface area contributed by atoms with Crippen molar-refractivity contribution < 1.29 is 0 Å². The van der Waals surface area contributed by atoms with Gasteiger partial charge in [0.2, 0.25) is 0 Å². The topological polar surface area (TPSA) is 26.0 Å². The van der Waals surface area contributed by atoms with Crippen molar-refractivity contribution in [2.24, 2.45) is 0 Å². The third-order valence-electron chi connectivity index (χ3n) is 1.64. The number of halogens is 1. The fourth-order valence-corrected chi connectivity index (χ4v) is 2.95. The number of thiol groups is 1. The van der Waals surface area contributed by atoms with Crippen LogP contribution < -0.4 is 5.73 Å². The van der Waals surface area contributed by atoms with Crippen LogP contribution in [0.25, 0.3) is 10.1 Å². The Balaban J connectivity index is 2.92. The maximum atomic E-state index is 5.81. The molecule has 4 heteroatoms. The van der Waals surface area contributed by atoms with Crippen LogP contribution >= 0.6 is 39.9 Å². The van der Waals surface area contributed by atoms with Gasteiger partial charge in [-0.05, 0) is 28.1 Å². The van der Waals surface area contributed by atoms with Gasteiger partial charge in [0.1, 0.15) is 0 Å². The molecule has 1 aromatic carbocycles. The first-order chi connectivity index (χ1) is 5.68. The van der Waals surface area contributed by atoms with E-state index in [4.69, 9.17) is 5.73 Å². The molecule has 1 nitrogen and oxygen atoms in total. The van der Waals surface area contributed by atoms with Gasteiger partial charge in [-0.2, -0.15) is 0 Å². The largest absolute Gasteiger partial charge is 0.398 e. The highest BCUT2D eigenvalue weighted by Gasteiger charge is 2.04. The van der Waals surface area contributed by atoms with Gasteiger partial charge >= 0.3 is 0 Å². The second-order valence-corrected chi connectivity index (χ2v) is 4.75. The van der Waals surface area contributed by atoms with Crippen molar-refractivity contribution in [3.8, 4) is 0 Å². The second kappa shape index (κ2) is 2.94. The molecule has 2 N–H and O–H groups in total. The normalized spacial score (nSPS) is 10.8. The van der Waals surface area contributed by atoms with Gasteiger partial charge in [0, 0.05) is 20.1 Å². The van der Waals surface area contributed by atoms with E-state index in [1.54, 1.807) is 11.3 Å². The van der Waals surface area contributed by atoms with E-state index in [9.17, 15) is 0 Å². The monoisotopic (exact) mass is 259 g/mol. The molecule has 0 atom stereocenters. The van der Waals surface area contributed by atoms with Crippen molar-refractivity contribution in [2.45, 2.75) is 4.90 Å². The van der Waals surface area contributed by atoms with E-state index in [0.29, 0.717) is 0 Å². The molecule has 12 heavy (non-hydrogen) atoms. The van der Waals surface area contributed by atoms with E-state index in [0.717, 1.165) is 25.1 Å². The first kappa shape index (κ1) is 8.41. The highest BCUT2D eigenvalue weighted by Crippen LogP contribution is 2.35. The molecule has 0 radical (unpaired) electrons. The zero-order valence-corrected chi connectivity index (χ0v) is 9.34. The van der Waals surface area contributed by atoms with Crippen molar-refractivity contribution in [3.63, 3.8) is 0 Å². The van der Waals surface area contributed by atoms with Crippen LogP contribution in [0.15, 0.2) is 26.9 Å². The number of fused-ring (bicyclic) bond motifs is 1. The molecule has 0 unspecified atom stereocenters. The van der Waals surface area contributed by atoms with Crippen LogP contribution in [0.1, 0.15) is 0 Å². The van der Waals surface area contributed by atoms with Gasteiger partial charge in [-0.15, -0.1) is 24.0 Å². The fourth-order valence-electron chi connectivity index (χ4n) is 1.12. The van der Waals surface area contributed by atoms with Gasteiger partial charge in [0.05, 0.1) is 10.4 Å². The van der Waals surface area contributed by atoms with Gasteiger partial charge in [-0.3, -0.25) is 0 Å². The standard InChI is InChI=1S/C8H6BrNS2/c9-6-3-12-8-5(6)1-4(11)2-7(8)10/h1-3,11H,10H2. The van der Waals surface area contributed by atoms with Gasteiger partial charge < -0.3 is 5.73 Å². The van der Waals surface area contributed by atoms with Crippen LogP contribution in [0.4, 0.5) is 5.69 Å². The summed E-state index contributed by atoms with van der Waals surface area (Å²) in [5.41, 5.74) is 6.61. The molecule has 62 valence electrons. The molecule has 1 heterocycles. The summed E-state index contributed by atoms with van der Waals surface area (Å²) in [6.07, 6.45) is 0. The van der Waals surface area contributed by atoms with Crippen LogP contribution in [0, 0.1) is 0 Å². The third-order valence-corrected chi connectivity index (χ3v) is 3.90. The smallest absolute Gasteiger partial charge is 0.0584 e. The summed E-state index contributed by atoms with van der Waals surface area (Å²) >= 11 is 9.36. The molecule has 0 aliphatic carbocycles. The number of thiophene rings is 1. The lowest BCUT2D eigenvalue weighted by atomic mass is 10.2. The van der Waals surface area contributed by atoms with Crippen molar-refractivity contribution in [3.05, 3.63) is 22.0 Å². The minimum absolute atomic E-state index is 0.799. The maximum absolute atomic E-state index is 5.81. The van der Waals surface area contributed by atoms with Crippen LogP contribution in [0.3, 0.4) is 0 Å². The number of rotatable bonds is 0. The Hall–Kier alpha value is -0.190. The lowest BCUT2D eigenvalue weighted by molar-refractivity contribution is 1.53. The minimum atomic E-state index is 0.799. The average Bonchev–Trinajstić information content (AvgIpc) is 2.33. The summed E-state index contributed by atoms with van der Waals surface area (Å²) in [4.78, 5) is 0.902. The first-order valence-corrected chi connectivity index (χ1v) is 5.45. The van der Waals surface area contributed by atoms with E-state index in [2.05, 4.69) is 28.6 Å². The van der Waals surface area contributed by atoms with E-state index >= 15 is 0 Å². The number of benzene rings is 1. The van der Waals surface area contributed by atoms with Crippen LogP contribution in [0.2, 0.25) is 0 Å². The van der Waals surface area contributed by atoms with Gasteiger partial charge in [0.25, 0.3) is 0 Å². The van der Waals surface area contributed by atoms with Crippen LogP contribution in [0.5, 0.6) is 0 Å². The number of hydrogen-bond acceptors (Lipinski definition) is 3. The molecule has 2 aromatic rings. The molecular weight excluding hydrogens is 254 g/mol. The average molecular weight is 260 g/mol. The molecule has 0 bridgehead atoms. The van der Waals surface area contributed by atoms with Gasteiger partial charge in [0.15, 0.2) is 0 Å². The van der Waals surface area contributed by atoms with Gasteiger partial charge in [-0.25, -0.2) is 0 Å². The highest BCUT2D eigenvalue weighted by molar-refractivity contribution is 9.10. The Morgan fingerprint density at radius 3 is 2.92 bits per heavy atom. The van der Waals surface area contributed by atoms with E-state index in [1.807, 2.05) is 17.5 Å². The van der Waals surface area contributed by atoms with E-state index in [1.165, 1.54) is 0 Å². The highest BCUT2D eigenvalue weighted by atomic mass is 79.9. The molecular formula is C8H6BrNS2. The first-order valence-electron chi connectivity index (χ1n) is 3.33. The Labute approximate surface area is 88.1 Å². The second-order valence-electron chi connectivity index (χ2n) is 2.50.